The molecular formula is C14H20N4. The SMILES string of the molecule is NC(=Nc1ccccc1)N1CCN2CCCC2C1. The van der Waals surface area contributed by atoms with Crippen LogP contribution in [0.3, 0.4) is 0 Å². The number of aliphatic imine (C=N–C) groups is 1. The van der Waals surface area contributed by atoms with Crippen molar-refractivity contribution < 1.29 is 0 Å². The normalized spacial score (nSPS) is 25.2. The largest absolute Gasteiger partial charge is 0.369 e. The molecule has 0 radical (unpaired) electrons. The molecule has 1 unspecified atom stereocenters. The maximum atomic E-state index is 6.12. The number of rotatable bonds is 1. The lowest BCUT2D eigenvalue weighted by Crippen LogP contribution is -2.53. The Balaban J connectivity index is 1.69. The Bertz CT molecular complexity index is 429. The Hall–Kier alpha value is -1.55. The highest BCUT2D eigenvalue weighted by Crippen LogP contribution is 2.21. The van der Waals surface area contributed by atoms with Gasteiger partial charge in [0.05, 0.1) is 5.69 Å². The van der Waals surface area contributed by atoms with Crippen molar-refractivity contribution in [3.63, 3.8) is 0 Å². The molecule has 2 fully saturated rings. The first-order valence-electron chi connectivity index (χ1n) is 6.71. The summed E-state index contributed by atoms with van der Waals surface area (Å²) in [6.45, 7) is 4.41. The average molecular weight is 244 g/mol. The molecule has 1 aromatic carbocycles. The third kappa shape index (κ3) is 2.34. The molecule has 0 amide bonds. The minimum absolute atomic E-state index is 0.660. The molecule has 4 nitrogen and oxygen atoms in total. The number of piperazine rings is 1. The Kier molecular flexibility index (Phi) is 3.19. The summed E-state index contributed by atoms with van der Waals surface area (Å²) in [5.74, 6) is 0.660. The molecule has 2 aliphatic heterocycles. The molecular weight excluding hydrogens is 224 g/mol. The van der Waals surface area contributed by atoms with Gasteiger partial charge < -0.3 is 10.6 Å². The Labute approximate surface area is 108 Å². The van der Waals surface area contributed by atoms with Crippen LogP contribution in [0.5, 0.6) is 0 Å². The summed E-state index contributed by atoms with van der Waals surface area (Å²) in [5.41, 5.74) is 7.05. The van der Waals surface area contributed by atoms with Gasteiger partial charge in [0, 0.05) is 25.7 Å². The van der Waals surface area contributed by atoms with Crippen molar-refractivity contribution in [2.24, 2.45) is 10.7 Å². The van der Waals surface area contributed by atoms with E-state index in [1.165, 1.54) is 19.4 Å². The lowest BCUT2D eigenvalue weighted by Gasteiger charge is -2.37. The number of para-hydroxylation sites is 1. The van der Waals surface area contributed by atoms with Crippen molar-refractivity contribution in [1.82, 2.24) is 9.80 Å². The first-order valence-corrected chi connectivity index (χ1v) is 6.71. The second kappa shape index (κ2) is 4.98. The van der Waals surface area contributed by atoms with E-state index in [0.29, 0.717) is 12.0 Å². The Morgan fingerprint density at radius 1 is 1.17 bits per heavy atom. The Morgan fingerprint density at radius 3 is 2.83 bits per heavy atom. The van der Waals surface area contributed by atoms with E-state index in [9.17, 15) is 0 Å². The summed E-state index contributed by atoms with van der Waals surface area (Å²) in [5, 5.41) is 0. The molecule has 2 N–H and O–H groups in total. The smallest absolute Gasteiger partial charge is 0.196 e. The summed E-state index contributed by atoms with van der Waals surface area (Å²) >= 11 is 0. The Morgan fingerprint density at radius 2 is 2.00 bits per heavy atom. The molecule has 0 aliphatic carbocycles. The van der Waals surface area contributed by atoms with Gasteiger partial charge in [-0.25, -0.2) is 4.99 Å². The van der Waals surface area contributed by atoms with Gasteiger partial charge >= 0.3 is 0 Å². The molecule has 2 saturated heterocycles. The zero-order valence-corrected chi connectivity index (χ0v) is 10.6. The van der Waals surface area contributed by atoms with Crippen LogP contribution in [0.25, 0.3) is 0 Å². The van der Waals surface area contributed by atoms with E-state index in [1.807, 2.05) is 30.3 Å². The van der Waals surface area contributed by atoms with E-state index in [0.717, 1.165) is 25.3 Å². The van der Waals surface area contributed by atoms with E-state index < -0.39 is 0 Å². The van der Waals surface area contributed by atoms with Gasteiger partial charge in [-0.3, -0.25) is 4.90 Å². The molecule has 2 heterocycles. The predicted octanol–water partition coefficient (Wildman–Crippen LogP) is 1.41. The first kappa shape index (κ1) is 11.5. The van der Waals surface area contributed by atoms with Crippen LogP contribution >= 0.6 is 0 Å². The molecule has 4 heteroatoms. The molecule has 0 bridgehead atoms. The summed E-state index contributed by atoms with van der Waals surface area (Å²) < 4.78 is 0. The number of benzene rings is 1. The molecule has 96 valence electrons. The second-order valence-corrected chi connectivity index (χ2v) is 5.08. The molecule has 1 aromatic rings. The van der Waals surface area contributed by atoms with Crippen LogP contribution in [0.1, 0.15) is 12.8 Å². The monoisotopic (exact) mass is 244 g/mol. The lowest BCUT2D eigenvalue weighted by atomic mass is 10.1. The van der Waals surface area contributed by atoms with Crippen molar-refractivity contribution in [3.8, 4) is 0 Å². The van der Waals surface area contributed by atoms with Crippen LogP contribution in [0.15, 0.2) is 35.3 Å². The van der Waals surface area contributed by atoms with E-state index in [-0.39, 0.29) is 0 Å². The van der Waals surface area contributed by atoms with Crippen LogP contribution in [0, 0.1) is 0 Å². The summed E-state index contributed by atoms with van der Waals surface area (Å²) in [6.07, 6.45) is 2.63. The summed E-state index contributed by atoms with van der Waals surface area (Å²) in [4.78, 5) is 9.30. The van der Waals surface area contributed by atoms with Crippen molar-refractivity contribution >= 4 is 11.6 Å². The zero-order chi connectivity index (χ0) is 12.4. The fourth-order valence-electron chi connectivity index (χ4n) is 2.90. The highest BCUT2D eigenvalue weighted by atomic mass is 15.3. The number of hydrogen-bond donors (Lipinski definition) is 1. The third-order valence-corrected chi connectivity index (χ3v) is 3.91. The van der Waals surface area contributed by atoms with Crippen LogP contribution < -0.4 is 5.73 Å². The highest BCUT2D eigenvalue weighted by molar-refractivity contribution is 5.81. The average Bonchev–Trinajstić information content (AvgIpc) is 2.87. The fourth-order valence-corrected chi connectivity index (χ4v) is 2.90. The number of fused-ring (bicyclic) bond motifs is 1. The first-order chi connectivity index (χ1) is 8.83. The lowest BCUT2D eigenvalue weighted by molar-refractivity contribution is 0.151. The van der Waals surface area contributed by atoms with Crippen LogP contribution in [0.2, 0.25) is 0 Å². The minimum atomic E-state index is 0.660. The molecule has 1 atom stereocenters. The van der Waals surface area contributed by atoms with Crippen molar-refractivity contribution in [1.29, 1.82) is 0 Å². The van der Waals surface area contributed by atoms with Gasteiger partial charge in [-0.05, 0) is 31.5 Å². The summed E-state index contributed by atoms with van der Waals surface area (Å²) in [6, 6.07) is 10.6. The molecule has 0 spiro atoms. The van der Waals surface area contributed by atoms with Gasteiger partial charge in [-0.1, -0.05) is 18.2 Å². The van der Waals surface area contributed by atoms with Gasteiger partial charge in [0.1, 0.15) is 0 Å². The maximum absolute atomic E-state index is 6.12. The molecule has 2 aliphatic rings. The van der Waals surface area contributed by atoms with Gasteiger partial charge in [-0.15, -0.1) is 0 Å². The van der Waals surface area contributed by atoms with Crippen LogP contribution in [-0.2, 0) is 0 Å². The van der Waals surface area contributed by atoms with Gasteiger partial charge in [-0.2, -0.15) is 0 Å². The van der Waals surface area contributed by atoms with Gasteiger partial charge in [0.15, 0.2) is 5.96 Å². The van der Waals surface area contributed by atoms with Gasteiger partial charge in [0.2, 0.25) is 0 Å². The number of nitrogens with two attached hydrogens (primary N) is 1. The number of guanidine groups is 1. The fraction of sp³-hybridized carbons (Fsp3) is 0.500. The molecule has 18 heavy (non-hydrogen) atoms. The van der Waals surface area contributed by atoms with E-state index in [2.05, 4.69) is 14.8 Å². The number of hydrogen-bond acceptors (Lipinski definition) is 2. The van der Waals surface area contributed by atoms with E-state index >= 15 is 0 Å². The quantitative estimate of drug-likeness (QED) is 0.600. The predicted molar refractivity (Wildman–Crippen MR) is 73.9 cm³/mol. The minimum Gasteiger partial charge on any atom is -0.369 e. The molecule has 3 rings (SSSR count). The topological polar surface area (TPSA) is 44.9 Å². The summed E-state index contributed by atoms with van der Waals surface area (Å²) in [7, 11) is 0. The van der Waals surface area contributed by atoms with Crippen molar-refractivity contribution in [3.05, 3.63) is 30.3 Å². The number of nitrogens with zero attached hydrogens (tertiary/aromatic N) is 3. The molecule has 0 saturated carbocycles. The van der Waals surface area contributed by atoms with Crippen molar-refractivity contribution in [2.75, 3.05) is 26.2 Å². The third-order valence-electron chi connectivity index (χ3n) is 3.91. The maximum Gasteiger partial charge on any atom is 0.196 e. The van der Waals surface area contributed by atoms with E-state index in [4.69, 9.17) is 5.73 Å². The zero-order valence-electron chi connectivity index (χ0n) is 10.6. The van der Waals surface area contributed by atoms with Crippen LogP contribution in [0.4, 0.5) is 5.69 Å². The van der Waals surface area contributed by atoms with E-state index in [1.54, 1.807) is 0 Å². The molecule has 0 aromatic heterocycles. The second-order valence-electron chi connectivity index (χ2n) is 5.08. The van der Waals surface area contributed by atoms with Crippen LogP contribution in [-0.4, -0.2) is 48.0 Å². The van der Waals surface area contributed by atoms with Crippen molar-refractivity contribution in [2.45, 2.75) is 18.9 Å². The van der Waals surface area contributed by atoms with Gasteiger partial charge in [0.25, 0.3) is 0 Å². The standard InChI is InChI=1S/C14H20N4/c15-14(16-12-5-2-1-3-6-12)18-10-9-17-8-4-7-13(17)11-18/h1-3,5-6,13H,4,7-11H2,(H2,15,16). The highest BCUT2D eigenvalue weighted by Gasteiger charge is 2.31.